The van der Waals surface area contributed by atoms with Crippen LogP contribution in [0.1, 0.15) is 6.42 Å². The smallest absolute Gasteiger partial charge is 0.313 e. The average molecular weight is 724 g/mol. The molecule has 0 aromatic heterocycles. The quantitative estimate of drug-likeness (QED) is 0.0259. The van der Waals surface area contributed by atoms with Gasteiger partial charge in [0.2, 0.25) is 34.8 Å². The molecule has 18 heteroatoms. The minimum absolute atomic E-state index is 0.0826. The first kappa shape index (κ1) is 44.9. The molecule has 0 spiro atoms. The SMILES string of the molecule is CN(C)CCOCCOCCOCCOCCOCCOCCOCCOCCOCCOCCC(=O)Oc1c(F)c(F)c(F)c(F)c1F. The summed E-state index contributed by atoms with van der Waals surface area (Å²) < 4.78 is 124. The van der Waals surface area contributed by atoms with Crippen LogP contribution in [0.5, 0.6) is 5.75 Å². The number of nitrogens with zero attached hydrogens (tertiary/aromatic N) is 1. The highest BCUT2D eigenvalue weighted by Gasteiger charge is 2.28. The Kier molecular flexibility index (Phi) is 28.1. The Hall–Kier alpha value is -2.10. The largest absolute Gasteiger partial charge is 0.420 e. The van der Waals surface area contributed by atoms with Crippen LogP contribution < -0.4 is 4.74 Å². The number of rotatable bonds is 34. The summed E-state index contributed by atoms with van der Waals surface area (Å²) in [6, 6.07) is 0. The predicted molar refractivity (Wildman–Crippen MR) is 163 cm³/mol. The van der Waals surface area contributed by atoms with E-state index in [0.29, 0.717) is 106 Å². The van der Waals surface area contributed by atoms with Crippen molar-refractivity contribution in [2.45, 2.75) is 6.42 Å². The third kappa shape index (κ3) is 23.9. The lowest BCUT2D eigenvalue weighted by Crippen LogP contribution is -2.19. The molecule has 0 saturated heterocycles. The van der Waals surface area contributed by atoms with Crippen molar-refractivity contribution in [1.29, 1.82) is 0 Å². The van der Waals surface area contributed by atoms with Gasteiger partial charge in [-0.15, -0.1) is 0 Å². The van der Waals surface area contributed by atoms with Crippen molar-refractivity contribution >= 4 is 5.97 Å². The van der Waals surface area contributed by atoms with Crippen LogP contribution >= 0.6 is 0 Å². The van der Waals surface area contributed by atoms with E-state index in [1.807, 2.05) is 14.1 Å². The van der Waals surface area contributed by atoms with E-state index >= 15 is 0 Å². The van der Waals surface area contributed by atoms with Gasteiger partial charge in [-0.25, -0.2) is 13.2 Å². The van der Waals surface area contributed by atoms with Crippen LogP contribution in [0.2, 0.25) is 0 Å². The lowest BCUT2D eigenvalue weighted by molar-refractivity contribution is -0.136. The van der Waals surface area contributed by atoms with Gasteiger partial charge in [-0.1, -0.05) is 0 Å². The van der Waals surface area contributed by atoms with E-state index in [1.54, 1.807) is 0 Å². The van der Waals surface area contributed by atoms with Crippen LogP contribution in [0.4, 0.5) is 22.0 Å². The topological polar surface area (TPSA) is 122 Å². The number of carbonyl (C=O) groups excluding carboxylic acids is 1. The summed E-state index contributed by atoms with van der Waals surface area (Å²) in [6.07, 6.45) is -0.485. The molecule has 1 aromatic rings. The third-order valence-electron chi connectivity index (χ3n) is 5.87. The molecule has 1 aromatic carbocycles. The Morgan fingerprint density at radius 3 is 0.939 bits per heavy atom. The van der Waals surface area contributed by atoms with Crippen LogP contribution in [-0.2, 0) is 52.2 Å². The van der Waals surface area contributed by atoms with Gasteiger partial charge in [-0.05, 0) is 14.1 Å². The third-order valence-corrected chi connectivity index (χ3v) is 5.87. The molecule has 1 rings (SSSR count). The van der Waals surface area contributed by atoms with E-state index in [-0.39, 0.29) is 26.4 Å². The molecule has 0 atom stereocenters. The molecule has 13 nitrogen and oxygen atoms in total. The van der Waals surface area contributed by atoms with Crippen molar-refractivity contribution in [3.8, 4) is 5.75 Å². The number of hydrogen-bond donors (Lipinski definition) is 0. The van der Waals surface area contributed by atoms with Gasteiger partial charge >= 0.3 is 5.97 Å². The molecule has 0 aliphatic heterocycles. The minimum atomic E-state index is -2.35. The van der Waals surface area contributed by atoms with Crippen molar-refractivity contribution in [3.63, 3.8) is 0 Å². The highest BCUT2D eigenvalue weighted by Crippen LogP contribution is 2.29. The highest BCUT2D eigenvalue weighted by atomic mass is 19.2. The Balaban J connectivity index is 1.75. The Labute approximate surface area is 284 Å². The molecule has 0 aliphatic rings. The first-order valence-electron chi connectivity index (χ1n) is 15.9. The second kappa shape index (κ2) is 30.7. The van der Waals surface area contributed by atoms with Gasteiger partial charge in [0, 0.05) is 6.54 Å². The zero-order valence-corrected chi connectivity index (χ0v) is 28.3. The summed E-state index contributed by atoms with van der Waals surface area (Å²) in [5.74, 6) is -14.1. The number of likely N-dealkylation sites (N-methyl/N-ethyl adjacent to an activating group) is 1. The molecule has 0 amide bonds. The van der Waals surface area contributed by atoms with Crippen molar-refractivity contribution in [3.05, 3.63) is 29.1 Å². The Morgan fingerprint density at radius 1 is 0.408 bits per heavy atom. The van der Waals surface area contributed by atoms with Gasteiger partial charge in [-0.2, -0.15) is 8.78 Å². The maximum Gasteiger partial charge on any atom is 0.313 e. The summed E-state index contributed by atoms with van der Waals surface area (Å²) in [4.78, 5) is 13.7. The highest BCUT2D eigenvalue weighted by molar-refractivity contribution is 5.72. The zero-order chi connectivity index (χ0) is 36.0. The van der Waals surface area contributed by atoms with Crippen molar-refractivity contribution < 1.29 is 78.9 Å². The fourth-order valence-corrected chi connectivity index (χ4v) is 3.32. The number of carbonyl (C=O) groups is 1. The molecular formula is C31H50F5NO12. The molecule has 0 unspecified atom stereocenters. The van der Waals surface area contributed by atoms with Gasteiger partial charge in [0.1, 0.15) is 0 Å². The minimum Gasteiger partial charge on any atom is -0.420 e. The molecule has 0 fully saturated rings. The molecular weight excluding hydrogens is 673 g/mol. The first-order chi connectivity index (χ1) is 23.8. The van der Waals surface area contributed by atoms with Gasteiger partial charge in [0.05, 0.1) is 139 Å². The molecule has 0 aliphatic carbocycles. The average Bonchev–Trinajstić information content (AvgIpc) is 3.08. The normalized spacial score (nSPS) is 11.6. The number of esters is 1. The Morgan fingerprint density at radius 2 is 0.653 bits per heavy atom. The summed E-state index contributed by atoms with van der Waals surface area (Å²) >= 11 is 0. The zero-order valence-electron chi connectivity index (χ0n) is 28.3. The second-order valence-corrected chi connectivity index (χ2v) is 10.1. The second-order valence-electron chi connectivity index (χ2n) is 10.1. The van der Waals surface area contributed by atoms with E-state index in [0.717, 1.165) is 6.54 Å². The standard InChI is InChI=1S/C31H50F5NO12/c1-37(2)4-6-40-8-10-42-12-14-44-16-18-46-20-22-48-24-23-47-21-19-45-17-15-43-13-11-41-9-7-39-5-3-25(38)49-31-29(35)27(33)26(32)28(34)30(31)36/h3-24H2,1-2H3. The number of hydrogen-bond acceptors (Lipinski definition) is 13. The summed E-state index contributed by atoms with van der Waals surface area (Å²) in [7, 11) is 4.00. The van der Waals surface area contributed by atoms with Crippen molar-refractivity contribution in [1.82, 2.24) is 4.90 Å². The van der Waals surface area contributed by atoms with E-state index in [4.69, 9.17) is 47.4 Å². The first-order valence-corrected chi connectivity index (χ1v) is 15.9. The van der Waals surface area contributed by atoms with E-state index < -0.39 is 47.2 Å². The predicted octanol–water partition coefficient (Wildman–Crippen LogP) is 2.41. The van der Waals surface area contributed by atoms with Crippen molar-refractivity contribution in [2.24, 2.45) is 0 Å². The number of benzene rings is 1. The lowest BCUT2D eigenvalue weighted by atomic mass is 10.2. The molecule has 0 N–H and O–H groups in total. The number of ether oxygens (including phenoxy) is 11. The van der Waals surface area contributed by atoms with E-state index in [1.165, 1.54) is 0 Å². The summed E-state index contributed by atoms with van der Waals surface area (Å²) in [6.45, 7) is 8.69. The molecule has 49 heavy (non-hydrogen) atoms. The van der Waals surface area contributed by atoms with Crippen LogP contribution in [0.25, 0.3) is 0 Å². The number of halogens is 5. The molecule has 0 radical (unpaired) electrons. The van der Waals surface area contributed by atoms with Crippen LogP contribution in [0.15, 0.2) is 0 Å². The van der Waals surface area contributed by atoms with E-state index in [9.17, 15) is 26.7 Å². The van der Waals surface area contributed by atoms with Crippen LogP contribution in [-0.4, -0.2) is 164 Å². The van der Waals surface area contributed by atoms with Gasteiger partial charge in [0.15, 0.2) is 0 Å². The van der Waals surface area contributed by atoms with Crippen molar-refractivity contribution in [2.75, 3.05) is 153 Å². The van der Waals surface area contributed by atoms with Gasteiger partial charge in [-0.3, -0.25) is 4.79 Å². The fourth-order valence-electron chi connectivity index (χ4n) is 3.32. The van der Waals surface area contributed by atoms with E-state index in [2.05, 4.69) is 9.64 Å². The van der Waals surface area contributed by atoms with Gasteiger partial charge in [0.25, 0.3) is 0 Å². The van der Waals surface area contributed by atoms with Crippen LogP contribution in [0, 0.1) is 29.1 Å². The molecule has 286 valence electrons. The Bertz CT molecular complexity index is 954. The summed E-state index contributed by atoms with van der Waals surface area (Å²) in [5, 5.41) is 0. The maximum absolute atomic E-state index is 13.5. The molecule has 0 bridgehead atoms. The molecule has 0 heterocycles. The summed E-state index contributed by atoms with van der Waals surface area (Å²) in [5.41, 5.74) is 0. The molecule has 0 saturated carbocycles. The van der Waals surface area contributed by atoms with Crippen LogP contribution in [0.3, 0.4) is 0 Å². The monoisotopic (exact) mass is 723 g/mol. The lowest BCUT2D eigenvalue weighted by Gasteiger charge is -2.10. The fraction of sp³-hybridized carbons (Fsp3) is 0.774. The van der Waals surface area contributed by atoms with Gasteiger partial charge < -0.3 is 57.0 Å². The maximum atomic E-state index is 13.5.